The van der Waals surface area contributed by atoms with Crippen molar-refractivity contribution in [2.24, 2.45) is 0 Å². The molecule has 0 heterocycles. The number of nitrogens with one attached hydrogen (secondary N) is 1. The summed E-state index contributed by atoms with van der Waals surface area (Å²) in [6.07, 6.45) is 0. The molecule has 0 saturated heterocycles. The van der Waals surface area contributed by atoms with Crippen molar-refractivity contribution in [2.45, 2.75) is 6.92 Å². The Balaban J connectivity index is 2.56. The summed E-state index contributed by atoms with van der Waals surface area (Å²) < 4.78 is 18.4. The number of carbonyl (C=O) groups is 1. The van der Waals surface area contributed by atoms with Gasteiger partial charge in [0.1, 0.15) is 5.82 Å². The Kier molecular flexibility index (Phi) is 6.24. The summed E-state index contributed by atoms with van der Waals surface area (Å²) in [5.41, 5.74) is 6.06. The maximum atomic E-state index is 13.4. The first-order chi connectivity index (χ1) is 9.06. The molecular formula is C13H20FN3O2. The first-order valence-corrected chi connectivity index (χ1v) is 6.13. The van der Waals surface area contributed by atoms with E-state index in [2.05, 4.69) is 5.32 Å². The molecule has 5 nitrogen and oxygen atoms in total. The number of benzene rings is 1. The van der Waals surface area contributed by atoms with Gasteiger partial charge >= 0.3 is 0 Å². The highest BCUT2D eigenvalue weighted by molar-refractivity contribution is 5.92. The number of hydrogen-bond acceptors (Lipinski definition) is 4. The molecule has 0 radical (unpaired) electrons. The molecular weight excluding hydrogens is 249 g/mol. The number of nitrogen functional groups attached to an aromatic ring is 1. The van der Waals surface area contributed by atoms with Crippen LogP contribution in [0.4, 0.5) is 15.8 Å². The van der Waals surface area contributed by atoms with Crippen LogP contribution in [0.5, 0.6) is 0 Å². The second-order valence-corrected chi connectivity index (χ2v) is 4.15. The van der Waals surface area contributed by atoms with E-state index in [1.54, 1.807) is 7.11 Å². The van der Waals surface area contributed by atoms with Crippen molar-refractivity contribution in [3.8, 4) is 0 Å². The van der Waals surface area contributed by atoms with Gasteiger partial charge < -0.3 is 15.8 Å². The Morgan fingerprint density at radius 2 is 2.26 bits per heavy atom. The summed E-state index contributed by atoms with van der Waals surface area (Å²) in [7, 11) is 1.61. The van der Waals surface area contributed by atoms with E-state index in [0.29, 0.717) is 18.8 Å². The number of nitrogens with zero attached hydrogens (tertiary/aromatic N) is 1. The van der Waals surface area contributed by atoms with Crippen LogP contribution in [0.15, 0.2) is 18.2 Å². The van der Waals surface area contributed by atoms with Crippen molar-refractivity contribution in [3.05, 3.63) is 24.0 Å². The van der Waals surface area contributed by atoms with Crippen LogP contribution >= 0.6 is 0 Å². The molecule has 3 N–H and O–H groups in total. The molecule has 1 aromatic carbocycles. The lowest BCUT2D eigenvalue weighted by Crippen LogP contribution is -2.35. The number of anilines is 2. The summed E-state index contributed by atoms with van der Waals surface area (Å²) in [6.45, 7) is 4.06. The summed E-state index contributed by atoms with van der Waals surface area (Å²) in [5.74, 6) is -0.773. The lowest BCUT2D eigenvalue weighted by molar-refractivity contribution is -0.117. The molecule has 1 amide bonds. The van der Waals surface area contributed by atoms with E-state index in [9.17, 15) is 9.18 Å². The highest BCUT2D eigenvalue weighted by Crippen LogP contribution is 2.17. The molecule has 0 atom stereocenters. The number of methoxy groups -OCH3 is 1. The Hall–Kier alpha value is -1.66. The smallest absolute Gasteiger partial charge is 0.238 e. The Morgan fingerprint density at radius 1 is 1.53 bits per heavy atom. The largest absolute Gasteiger partial charge is 0.399 e. The first kappa shape index (κ1) is 15.4. The van der Waals surface area contributed by atoms with Crippen LogP contribution in [-0.2, 0) is 9.53 Å². The third-order valence-corrected chi connectivity index (χ3v) is 2.69. The summed E-state index contributed by atoms with van der Waals surface area (Å²) in [6, 6.07) is 4.08. The van der Waals surface area contributed by atoms with Crippen LogP contribution in [-0.4, -0.2) is 44.2 Å². The third kappa shape index (κ3) is 5.23. The molecule has 0 aliphatic rings. The Morgan fingerprint density at radius 3 is 2.89 bits per heavy atom. The predicted molar refractivity (Wildman–Crippen MR) is 73.4 cm³/mol. The van der Waals surface area contributed by atoms with E-state index in [-0.39, 0.29) is 18.1 Å². The molecule has 106 valence electrons. The molecule has 0 fully saturated rings. The summed E-state index contributed by atoms with van der Waals surface area (Å²) in [5, 5.41) is 2.52. The van der Waals surface area contributed by atoms with Crippen molar-refractivity contribution in [2.75, 3.05) is 44.4 Å². The van der Waals surface area contributed by atoms with E-state index in [1.807, 2.05) is 11.8 Å². The second-order valence-electron chi connectivity index (χ2n) is 4.15. The molecule has 1 rings (SSSR count). The zero-order chi connectivity index (χ0) is 14.3. The predicted octanol–water partition coefficient (Wildman–Crippen LogP) is 1.31. The SMILES string of the molecule is CCN(CCOC)CC(=O)Nc1cc(N)ccc1F. The standard InChI is InChI=1S/C13H20FN3O2/c1-3-17(6-7-19-2)9-13(18)16-12-8-10(15)4-5-11(12)14/h4-5,8H,3,6-7,9,15H2,1-2H3,(H,16,18). The van der Waals surface area contributed by atoms with E-state index >= 15 is 0 Å². The minimum absolute atomic E-state index is 0.104. The van der Waals surface area contributed by atoms with Crippen molar-refractivity contribution >= 4 is 17.3 Å². The Labute approximate surface area is 112 Å². The summed E-state index contributed by atoms with van der Waals surface area (Å²) >= 11 is 0. The van der Waals surface area contributed by atoms with Gasteiger partial charge in [-0.05, 0) is 24.7 Å². The van der Waals surface area contributed by atoms with Gasteiger partial charge in [-0.15, -0.1) is 0 Å². The lowest BCUT2D eigenvalue weighted by atomic mass is 10.2. The van der Waals surface area contributed by atoms with Gasteiger partial charge in [-0.25, -0.2) is 4.39 Å². The monoisotopic (exact) mass is 269 g/mol. The topological polar surface area (TPSA) is 67.6 Å². The van der Waals surface area contributed by atoms with Crippen LogP contribution < -0.4 is 11.1 Å². The van der Waals surface area contributed by atoms with Crippen molar-refractivity contribution in [3.63, 3.8) is 0 Å². The van der Waals surface area contributed by atoms with Crippen LogP contribution in [0, 0.1) is 5.82 Å². The molecule has 0 spiro atoms. The third-order valence-electron chi connectivity index (χ3n) is 2.69. The fourth-order valence-electron chi connectivity index (χ4n) is 1.60. The van der Waals surface area contributed by atoms with E-state index in [0.717, 1.165) is 6.54 Å². The van der Waals surface area contributed by atoms with E-state index in [4.69, 9.17) is 10.5 Å². The van der Waals surface area contributed by atoms with Gasteiger partial charge in [-0.3, -0.25) is 9.69 Å². The van der Waals surface area contributed by atoms with Crippen LogP contribution in [0.25, 0.3) is 0 Å². The molecule has 6 heteroatoms. The van der Waals surface area contributed by atoms with Crippen molar-refractivity contribution in [1.29, 1.82) is 0 Å². The fourth-order valence-corrected chi connectivity index (χ4v) is 1.60. The molecule has 0 aliphatic carbocycles. The number of rotatable bonds is 7. The highest BCUT2D eigenvalue weighted by atomic mass is 19.1. The van der Waals surface area contributed by atoms with Crippen LogP contribution in [0.2, 0.25) is 0 Å². The van der Waals surface area contributed by atoms with E-state index < -0.39 is 5.82 Å². The number of carbonyl (C=O) groups excluding carboxylic acids is 1. The minimum atomic E-state index is -0.498. The molecule has 0 bridgehead atoms. The lowest BCUT2D eigenvalue weighted by Gasteiger charge is -2.19. The van der Waals surface area contributed by atoms with Crippen LogP contribution in [0.1, 0.15) is 6.92 Å². The van der Waals surface area contributed by atoms with Crippen molar-refractivity contribution in [1.82, 2.24) is 4.90 Å². The highest BCUT2D eigenvalue weighted by Gasteiger charge is 2.11. The normalized spacial score (nSPS) is 10.7. The van der Waals surface area contributed by atoms with Crippen molar-refractivity contribution < 1.29 is 13.9 Å². The van der Waals surface area contributed by atoms with Gasteiger partial charge in [0.2, 0.25) is 5.91 Å². The second kappa shape index (κ2) is 7.70. The molecule has 0 aliphatic heterocycles. The Bertz CT molecular complexity index is 426. The van der Waals surface area contributed by atoms with Gasteiger partial charge in [0.25, 0.3) is 0 Å². The average molecular weight is 269 g/mol. The molecule has 0 aromatic heterocycles. The van der Waals surface area contributed by atoms with Crippen LogP contribution in [0.3, 0.4) is 0 Å². The maximum Gasteiger partial charge on any atom is 0.238 e. The van der Waals surface area contributed by atoms with Gasteiger partial charge in [0.15, 0.2) is 0 Å². The number of amides is 1. The molecule has 0 saturated carbocycles. The fraction of sp³-hybridized carbons (Fsp3) is 0.462. The zero-order valence-electron chi connectivity index (χ0n) is 11.3. The average Bonchev–Trinajstić information content (AvgIpc) is 2.38. The molecule has 0 unspecified atom stereocenters. The van der Waals surface area contributed by atoms with Gasteiger partial charge in [0, 0.05) is 19.3 Å². The first-order valence-electron chi connectivity index (χ1n) is 6.13. The number of hydrogen-bond donors (Lipinski definition) is 2. The maximum absolute atomic E-state index is 13.4. The van der Waals surface area contributed by atoms with Gasteiger partial charge in [-0.1, -0.05) is 6.92 Å². The number of halogens is 1. The number of ether oxygens (including phenoxy) is 1. The quantitative estimate of drug-likeness (QED) is 0.732. The van der Waals surface area contributed by atoms with Gasteiger partial charge in [-0.2, -0.15) is 0 Å². The van der Waals surface area contributed by atoms with Gasteiger partial charge in [0.05, 0.1) is 18.8 Å². The molecule has 19 heavy (non-hydrogen) atoms. The molecule has 1 aromatic rings. The number of likely N-dealkylation sites (N-methyl/N-ethyl adjacent to an activating group) is 1. The van der Waals surface area contributed by atoms with E-state index in [1.165, 1.54) is 18.2 Å². The number of nitrogens with two attached hydrogens (primary N) is 1. The summed E-state index contributed by atoms with van der Waals surface area (Å²) in [4.78, 5) is 13.7. The zero-order valence-corrected chi connectivity index (χ0v) is 11.3. The minimum Gasteiger partial charge on any atom is -0.399 e.